The molecule has 0 bridgehead atoms. The SMILES string of the molecule is Cc1nc(-c2cccc(NC(=O)CC3CCNCC3)c2)cs1. The van der Waals surface area contributed by atoms with E-state index in [1.54, 1.807) is 11.3 Å². The predicted octanol–water partition coefficient (Wildman–Crippen LogP) is 3.45. The Bertz CT molecular complexity index is 647. The smallest absolute Gasteiger partial charge is 0.224 e. The minimum absolute atomic E-state index is 0.110. The van der Waals surface area contributed by atoms with Gasteiger partial charge in [0.05, 0.1) is 10.7 Å². The minimum Gasteiger partial charge on any atom is -0.326 e. The van der Waals surface area contributed by atoms with E-state index in [-0.39, 0.29) is 5.91 Å². The molecular weight excluding hydrogens is 294 g/mol. The standard InChI is InChI=1S/C17H21N3OS/c1-12-19-16(11-22-12)14-3-2-4-15(10-14)20-17(21)9-13-5-7-18-8-6-13/h2-4,10-11,13,18H,5-9H2,1H3,(H,20,21). The van der Waals surface area contributed by atoms with Crippen molar-refractivity contribution in [3.05, 3.63) is 34.7 Å². The molecule has 2 heterocycles. The van der Waals surface area contributed by atoms with Gasteiger partial charge >= 0.3 is 0 Å². The second-order valence-electron chi connectivity index (χ2n) is 5.78. The molecule has 1 aliphatic heterocycles. The van der Waals surface area contributed by atoms with Crippen molar-refractivity contribution in [2.75, 3.05) is 18.4 Å². The minimum atomic E-state index is 0.110. The summed E-state index contributed by atoms with van der Waals surface area (Å²) in [7, 11) is 0. The molecule has 0 atom stereocenters. The molecular formula is C17H21N3OS. The van der Waals surface area contributed by atoms with E-state index in [0.29, 0.717) is 12.3 Å². The topological polar surface area (TPSA) is 54.0 Å². The summed E-state index contributed by atoms with van der Waals surface area (Å²) in [5.41, 5.74) is 2.86. The van der Waals surface area contributed by atoms with E-state index in [1.165, 1.54) is 0 Å². The van der Waals surface area contributed by atoms with Gasteiger partial charge in [0.25, 0.3) is 0 Å². The van der Waals surface area contributed by atoms with Crippen molar-refractivity contribution in [3.8, 4) is 11.3 Å². The number of nitrogens with one attached hydrogen (secondary N) is 2. The molecule has 3 rings (SSSR count). The average Bonchev–Trinajstić information content (AvgIpc) is 2.95. The molecule has 0 radical (unpaired) electrons. The molecule has 1 aliphatic rings. The Labute approximate surface area is 135 Å². The maximum absolute atomic E-state index is 12.2. The normalized spacial score (nSPS) is 15.7. The summed E-state index contributed by atoms with van der Waals surface area (Å²) >= 11 is 1.64. The first-order valence-electron chi connectivity index (χ1n) is 7.74. The number of amides is 1. The van der Waals surface area contributed by atoms with E-state index in [1.807, 2.05) is 36.6 Å². The summed E-state index contributed by atoms with van der Waals surface area (Å²) in [5, 5.41) is 9.45. The second kappa shape index (κ2) is 7.03. The molecule has 0 saturated carbocycles. The number of carbonyl (C=O) groups excluding carboxylic acids is 1. The molecule has 2 N–H and O–H groups in total. The lowest BCUT2D eigenvalue weighted by molar-refractivity contribution is -0.117. The van der Waals surface area contributed by atoms with E-state index in [2.05, 4.69) is 15.6 Å². The molecule has 1 amide bonds. The summed E-state index contributed by atoms with van der Waals surface area (Å²) in [6, 6.07) is 7.92. The van der Waals surface area contributed by atoms with Crippen molar-refractivity contribution in [1.29, 1.82) is 0 Å². The highest BCUT2D eigenvalue weighted by Crippen LogP contribution is 2.24. The number of aryl methyl sites for hydroxylation is 1. The van der Waals surface area contributed by atoms with Gasteiger partial charge in [0.2, 0.25) is 5.91 Å². The summed E-state index contributed by atoms with van der Waals surface area (Å²) < 4.78 is 0. The molecule has 5 heteroatoms. The van der Waals surface area contributed by atoms with Gasteiger partial charge in [-0.25, -0.2) is 4.98 Å². The van der Waals surface area contributed by atoms with Crippen LogP contribution in [0, 0.1) is 12.8 Å². The number of carbonyl (C=O) groups is 1. The van der Waals surface area contributed by atoms with Crippen LogP contribution in [0.15, 0.2) is 29.6 Å². The molecule has 4 nitrogen and oxygen atoms in total. The van der Waals surface area contributed by atoms with Crippen molar-refractivity contribution in [1.82, 2.24) is 10.3 Å². The van der Waals surface area contributed by atoms with E-state index >= 15 is 0 Å². The third-order valence-electron chi connectivity index (χ3n) is 3.99. The van der Waals surface area contributed by atoms with Crippen molar-refractivity contribution in [2.45, 2.75) is 26.2 Å². The number of aromatic nitrogens is 1. The zero-order valence-electron chi connectivity index (χ0n) is 12.8. The van der Waals surface area contributed by atoms with Crippen molar-refractivity contribution in [2.24, 2.45) is 5.92 Å². The quantitative estimate of drug-likeness (QED) is 0.908. The molecule has 1 aromatic carbocycles. The van der Waals surface area contributed by atoms with Crippen LogP contribution in [0.4, 0.5) is 5.69 Å². The van der Waals surface area contributed by atoms with Gasteiger partial charge in [-0.1, -0.05) is 12.1 Å². The highest BCUT2D eigenvalue weighted by Gasteiger charge is 2.16. The van der Waals surface area contributed by atoms with Crippen LogP contribution in [0.25, 0.3) is 11.3 Å². The maximum atomic E-state index is 12.2. The fourth-order valence-corrected chi connectivity index (χ4v) is 3.43. The Balaban J connectivity index is 1.63. The van der Waals surface area contributed by atoms with Crippen LogP contribution >= 0.6 is 11.3 Å². The maximum Gasteiger partial charge on any atom is 0.224 e. The number of hydrogen-bond donors (Lipinski definition) is 2. The fraction of sp³-hybridized carbons (Fsp3) is 0.412. The fourth-order valence-electron chi connectivity index (χ4n) is 2.81. The summed E-state index contributed by atoms with van der Waals surface area (Å²) in [4.78, 5) is 16.7. The van der Waals surface area contributed by atoms with E-state index < -0.39 is 0 Å². The number of anilines is 1. The molecule has 22 heavy (non-hydrogen) atoms. The van der Waals surface area contributed by atoms with Crippen LogP contribution < -0.4 is 10.6 Å². The molecule has 1 fully saturated rings. The van der Waals surface area contributed by atoms with Crippen LogP contribution in [0.2, 0.25) is 0 Å². The van der Waals surface area contributed by atoms with Crippen molar-refractivity contribution >= 4 is 22.9 Å². The highest BCUT2D eigenvalue weighted by molar-refractivity contribution is 7.09. The predicted molar refractivity (Wildman–Crippen MR) is 91.1 cm³/mol. The van der Waals surface area contributed by atoms with Crippen molar-refractivity contribution < 1.29 is 4.79 Å². The Hall–Kier alpha value is -1.72. The average molecular weight is 315 g/mol. The molecule has 2 aromatic rings. The number of benzene rings is 1. The largest absolute Gasteiger partial charge is 0.326 e. The van der Waals surface area contributed by atoms with Crippen LogP contribution in [0.3, 0.4) is 0 Å². The lowest BCUT2D eigenvalue weighted by Crippen LogP contribution is -2.30. The molecule has 116 valence electrons. The number of rotatable bonds is 4. The molecule has 1 aromatic heterocycles. The zero-order valence-corrected chi connectivity index (χ0v) is 13.6. The molecule has 1 saturated heterocycles. The van der Waals surface area contributed by atoms with Crippen LogP contribution in [0.1, 0.15) is 24.3 Å². The Morgan fingerprint density at radius 2 is 2.23 bits per heavy atom. The summed E-state index contributed by atoms with van der Waals surface area (Å²) in [5.74, 6) is 0.615. The van der Waals surface area contributed by atoms with Gasteiger partial charge in [-0.3, -0.25) is 4.79 Å². The first-order valence-corrected chi connectivity index (χ1v) is 8.62. The Morgan fingerprint density at radius 1 is 1.41 bits per heavy atom. The summed E-state index contributed by atoms with van der Waals surface area (Å²) in [6.45, 7) is 4.05. The lowest BCUT2D eigenvalue weighted by atomic mass is 9.94. The van der Waals surface area contributed by atoms with E-state index in [4.69, 9.17) is 0 Å². The third-order valence-corrected chi connectivity index (χ3v) is 4.77. The van der Waals surface area contributed by atoms with Crippen LogP contribution in [0.5, 0.6) is 0 Å². The monoisotopic (exact) mass is 315 g/mol. The van der Waals surface area contributed by atoms with Crippen LogP contribution in [-0.4, -0.2) is 24.0 Å². The summed E-state index contributed by atoms with van der Waals surface area (Å²) in [6.07, 6.45) is 2.79. The van der Waals surface area contributed by atoms with Gasteiger partial charge in [0, 0.05) is 23.1 Å². The number of hydrogen-bond acceptors (Lipinski definition) is 4. The van der Waals surface area contributed by atoms with Crippen LogP contribution in [-0.2, 0) is 4.79 Å². The molecule has 0 aliphatic carbocycles. The number of nitrogens with zero attached hydrogens (tertiary/aromatic N) is 1. The Morgan fingerprint density at radius 3 is 2.95 bits per heavy atom. The number of piperidine rings is 1. The highest BCUT2D eigenvalue weighted by atomic mass is 32.1. The molecule has 0 unspecified atom stereocenters. The van der Waals surface area contributed by atoms with Gasteiger partial charge < -0.3 is 10.6 Å². The van der Waals surface area contributed by atoms with Gasteiger partial charge in [0.1, 0.15) is 0 Å². The Kier molecular flexibility index (Phi) is 4.85. The second-order valence-corrected chi connectivity index (χ2v) is 6.84. The van der Waals surface area contributed by atoms with Gasteiger partial charge in [-0.15, -0.1) is 11.3 Å². The van der Waals surface area contributed by atoms with E-state index in [9.17, 15) is 4.79 Å². The first kappa shape index (κ1) is 15.2. The first-order chi connectivity index (χ1) is 10.7. The zero-order chi connectivity index (χ0) is 15.4. The number of thiazole rings is 1. The van der Waals surface area contributed by atoms with Gasteiger partial charge in [-0.2, -0.15) is 0 Å². The lowest BCUT2D eigenvalue weighted by Gasteiger charge is -2.21. The van der Waals surface area contributed by atoms with Crippen molar-refractivity contribution in [3.63, 3.8) is 0 Å². The van der Waals surface area contributed by atoms with E-state index in [0.717, 1.165) is 47.9 Å². The third kappa shape index (κ3) is 3.93. The molecule has 0 spiro atoms. The van der Waals surface area contributed by atoms with Gasteiger partial charge in [0.15, 0.2) is 0 Å². The van der Waals surface area contributed by atoms with Gasteiger partial charge in [-0.05, 0) is 50.9 Å².